The molecule has 14 N–H and O–H groups in total. The van der Waals surface area contributed by atoms with Crippen LogP contribution >= 0.6 is 0 Å². The zero-order valence-electron chi connectivity index (χ0n) is 37.5. The zero-order valence-corrected chi connectivity index (χ0v) is 37.5. The lowest BCUT2D eigenvalue weighted by atomic mass is 9.99. The van der Waals surface area contributed by atoms with Crippen LogP contribution in [0.4, 0.5) is 0 Å². The Kier molecular flexibility index (Phi) is 21.1. The first-order valence-electron chi connectivity index (χ1n) is 21.6. The standard InChI is InChI=1S/C42H65N13O10/c1-6-9-28(35(58)53-31(19-26-20-46-22-48-26)40(63)55-17-8-11-32(55)38(61)49-24(4)41(64)65)51-37(60)30(18-25-12-14-27(56)15-13-25)52-39(62)34(23(2)3)54-36(59)29(50-33(57)21-45-5)10-7-16-47-42(43)44/h12-15,20,22-24,28-32,34,45,56H,6-11,16-19,21H2,1-5H3,(H,46,48)(H,49,61)(H,50,57)(H,51,60)(H,52,62)(H,53,58)(H,54,59)(H,64,65)(H4,43,44,47)/t24-,28+,29+,30+,31+,32+,34+/m1/s1. The van der Waals surface area contributed by atoms with Gasteiger partial charge in [-0.15, -0.1) is 0 Å². The number of aliphatic carboxylic acids is 1. The molecule has 0 unspecified atom stereocenters. The van der Waals surface area contributed by atoms with E-state index >= 15 is 0 Å². The van der Waals surface area contributed by atoms with Crippen LogP contribution in [-0.4, -0.2) is 147 Å². The number of guanidine groups is 1. The minimum Gasteiger partial charge on any atom is -0.508 e. The van der Waals surface area contributed by atoms with Gasteiger partial charge in [0.25, 0.3) is 0 Å². The maximum atomic E-state index is 14.3. The third-order valence-electron chi connectivity index (χ3n) is 10.6. The van der Waals surface area contributed by atoms with Gasteiger partial charge >= 0.3 is 5.97 Å². The van der Waals surface area contributed by atoms with E-state index in [2.05, 4.69) is 52.2 Å². The van der Waals surface area contributed by atoms with Crippen molar-refractivity contribution in [3.8, 4) is 5.75 Å². The molecule has 1 aromatic carbocycles. The number of carbonyl (C=O) groups is 8. The van der Waals surface area contributed by atoms with Gasteiger partial charge in [-0.3, -0.25) is 43.3 Å². The fourth-order valence-electron chi connectivity index (χ4n) is 7.10. The quantitative estimate of drug-likeness (QED) is 0.0267. The van der Waals surface area contributed by atoms with Crippen LogP contribution < -0.4 is 48.7 Å². The molecule has 358 valence electrons. The number of likely N-dealkylation sites (N-methyl/N-ethyl adjacent to an activating group) is 1. The molecule has 7 amide bonds. The van der Waals surface area contributed by atoms with Gasteiger partial charge in [0, 0.05) is 37.8 Å². The van der Waals surface area contributed by atoms with E-state index in [4.69, 9.17) is 11.5 Å². The molecule has 7 atom stereocenters. The maximum absolute atomic E-state index is 14.3. The van der Waals surface area contributed by atoms with E-state index in [0.29, 0.717) is 30.5 Å². The molecular weight excluding hydrogens is 847 g/mol. The number of carboxylic acids is 1. The van der Waals surface area contributed by atoms with Crippen molar-refractivity contribution >= 4 is 53.3 Å². The van der Waals surface area contributed by atoms with Gasteiger partial charge in [0.15, 0.2) is 5.96 Å². The Hall–Kier alpha value is -6.78. The Morgan fingerprint density at radius 3 is 2.08 bits per heavy atom. The van der Waals surface area contributed by atoms with Crippen LogP contribution in [0.25, 0.3) is 0 Å². The molecule has 0 saturated carbocycles. The minimum atomic E-state index is -1.33. The molecule has 65 heavy (non-hydrogen) atoms. The summed E-state index contributed by atoms with van der Waals surface area (Å²) in [6.45, 7) is 6.73. The molecule has 3 rings (SSSR count). The highest BCUT2D eigenvalue weighted by Gasteiger charge is 2.40. The van der Waals surface area contributed by atoms with Crippen LogP contribution in [0.5, 0.6) is 5.75 Å². The molecular formula is C42H65N13O10. The Morgan fingerprint density at radius 2 is 1.48 bits per heavy atom. The van der Waals surface area contributed by atoms with Crippen LogP contribution in [0.1, 0.15) is 77.5 Å². The lowest BCUT2D eigenvalue weighted by molar-refractivity contribution is -0.144. The second-order valence-electron chi connectivity index (χ2n) is 16.2. The number of hydrogen-bond acceptors (Lipinski definition) is 12. The number of nitrogens with two attached hydrogens (primary N) is 2. The van der Waals surface area contributed by atoms with Crippen LogP contribution in [0, 0.1) is 5.92 Å². The summed E-state index contributed by atoms with van der Waals surface area (Å²) in [5, 5.41) is 38.0. The van der Waals surface area contributed by atoms with Gasteiger partial charge < -0.3 is 68.8 Å². The first-order chi connectivity index (χ1) is 30.8. The van der Waals surface area contributed by atoms with Crippen molar-refractivity contribution in [2.45, 2.75) is 121 Å². The number of nitrogens with one attached hydrogen (secondary N) is 8. The average Bonchev–Trinajstić information content (AvgIpc) is 3.96. The predicted octanol–water partition coefficient (Wildman–Crippen LogP) is -2.37. The number of phenolic OH excluding ortho intramolecular Hbond substituents is 1. The number of carboxylic acid groups (broad SMARTS) is 1. The topological polar surface area (TPSA) is 358 Å². The summed E-state index contributed by atoms with van der Waals surface area (Å²) in [6, 6.07) is -2.33. The van der Waals surface area contributed by atoms with E-state index in [1.165, 1.54) is 36.5 Å². The van der Waals surface area contributed by atoms with Crippen molar-refractivity contribution in [1.29, 1.82) is 0 Å². The Balaban J connectivity index is 1.88. The molecule has 1 aromatic heterocycles. The van der Waals surface area contributed by atoms with Gasteiger partial charge in [-0.2, -0.15) is 0 Å². The summed E-state index contributed by atoms with van der Waals surface area (Å²) >= 11 is 0. The van der Waals surface area contributed by atoms with E-state index in [9.17, 15) is 48.6 Å². The maximum Gasteiger partial charge on any atom is 0.325 e. The Bertz CT molecular complexity index is 1960. The number of aromatic hydroxyl groups is 1. The number of phenols is 1. The lowest BCUT2D eigenvalue weighted by Crippen LogP contribution is -2.61. The fraction of sp³-hybridized carbons (Fsp3) is 0.571. The molecule has 2 aromatic rings. The van der Waals surface area contributed by atoms with Crippen molar-refractivity contribution in [2.75, 3.05) is 26.7 Å². The molecule has 2 heterocycles. The number of aliphatic imine (C=N–C) groups is 1. The predicted molar refractivity (Wildman–Crippen MR) is 237 cm³/mol. The molecule has 1 saturated heterocycles. The smallest absolute Gasteiger partial charge is 0.325 e. The van der Waals surface area contributed by atoms with Crippen molar-refractivity contribution in [2.24, 2.45) is 22.4 Å². The van der Waals surface area contributed by atoms with Gasteiger partial charge in [-0.1, -0.05) is 39.3 Å². The number of imidazole rings is 1. The van der Waals surface area contributed by atoms with Crippen molar-refractivity contribution in [1.82, 2.24) is 52.1 Å². The zero-order chi connectivity index (χ0) is 48.2. The summed E-state index contributed by atoms with van der Waals surface area (Å²) in [7, 11) is 1.57. The van der Waals surface area contributed by atoms with E-state index in [0.717, 1.165) is 0 Å². The molecule has 0 bridgehead atoms. The highest BCUT2D eigenvalue weighted by atomic mass is 16.4. The summed E-state index contributed by atoms with van der Waals surface area (Å²) in [6.07, 6.45) is 4.38. The summed E-state index contributed by atoms with van der Waals surface area (Å²) < 4.78 is 0. The number of nitrogens with zero attached hydrogens (tertiary/aromatic N) is 3. The molecule has 1 aliphatic heterocycles. The van der Waals surface area contributed by atoms with Gasteiger partial charge in [0.1, 0.15) is 48.0 Å². The van der Waals surface area contributed by atoms with Gasteiger partial charge in [-0.25, -0.2) is 4.98 Å². The van der Waals surface area contributed by atoms with Crippen molar-refractivity contribution in [3.63, 3.8) is 0 Å². The molecule has 1 fully saturated rings. The molecule has 23 heteroatoms. The number of aromatic nitrogens is 2. The Labute approximate surface area is 377 Å². The second kappa shape index (κ2) is 26.1. The molecule has 1 aliphatic rings. The largest absolute Gasteiger partial charge is 0.508 e. The SMILES string of the molecule is CCC[C@H](NC(=O)[C@H](Cc1ccc(O)cc1)NC(=O)[C@@H](NC(=O)[C@H](CCCN=C(N)N)NC(=O)CNC)C(C)C)C(=O)N[C@@H](Cc1cnc[nH]1)C(=O)N1CCC[C@H]1C(=O)N[C@H](C)C(=O)O. The van der Waals surface area contributed by atoms with Gasteiger partial charge in [-0.05, 0) is 69.7 Å². The van der Waals surface area contributed by atoms with Crippen LogP contribution in [0.3, 0.4) is 0 Å². The highest BCUT2D eigenvalue weighted by molar-refractivity contribution is 5.98. The number of aromatic amines is 1. The first kappa shape index (κ1) is 52.6. The van der Waals surface area contributed by atoms with Crippen molar-refractivity contribution < 1.29 is 48.6 Å². The molecule has 0 radical (unpaired) electrons. The van der Waals surface area contributed by atoms with E-state index in [-0.39, 0.29) is 63.4 Å². The fourth-order valence-corrected chi connectivity index (χ4v) is 7.10. The molecule has 0 aliphatic carbocycles. The molecule has 23 nitrogen and oxygen atoms in total. The number of carbonyl (C=O) groups excluding carboxylic acids is 7. The number of rotatable bonds is 26. The monoisotopic (exact) mass is 911 g/mol. The normalized spacial score (nSPS) is 16.2. The minimum absolute atomic E-state index is 0.0364. The van der Waals surface area contributed by atoms with E-state index in [1.807, 2.05) is 0 Å². The highest BCUT2D eigenvalue weighted by Crippen LogP contribution is 2.20. The number of hydrogen-bond donors (Lipinski definition) is 12. The molecule has 0 spiro atoms. The van der Waals surface area contributed by atoms with Gasteiger partial charge in [0.05, 0.1) is 12.9 Å². The average molecular weight is 912 g/mol. The van der Waals surface area contributed by atoms with E-state index in [1.54, 1.807) is 40.0 Å². The van der Waals surface area contributed by atoms with Crippen LogP contribution in [0.2, 0.25) is 0 Å². The lowest BCUT2D eigenvalue weighted by Gasteiger charge is -2.30. The number of benzene rings is 1. The number of H-pyrrole nitrogens is 1. The number of likely N-dealkylation sites (tertiary alicyclic amines) is 1. The van der Waals surface area contributed by atoms with Crippen molar-refractivity contribution in [3.05, 3.63) is 48.0 Å². The van der Waals surface area contributed by atoms with E-state index < -0.39 is 95.5 Å². The summed E-state index contributed by atoms with van der Waals surface area (Å²) in [5.41, 5.74) is 11.9. The van der Waals surface area contributed by atoms with Crippen LogP contribution in [-0.2, 0) is 51.2 Å². The van der Waals surface area contributed by atoms with Crippen LogP contribution in [0.15, 0.2) is 41.8 Å². The third kappa shape index (κ3) is 17.0. The Morgan fingerprint density at radius 1 is 0.846 bits per heavy atom. The number of amides is 7. The van der Waals surface area contributed by atoms with Gasteiger partial charge in [0.2, 0.25) is 41.4 Å². The summed E-state index contributed by atoms with van der Waals surface area (Å²) in [4.78, 5) is 120. The first-order valence-corrected chi connectivity index (χ1v) is 21.6. The second-order valence-corrected chi connectivity index (χ2v) is 16.2. The summed E-state index contributed by atoms with van der Waals surface area (Å²) in [5.74, 6) is -6.56. The third-order valence-corrected chi connectivity index (χ3v) is 10.6.